The highest BCUT2D eigenvalue weighted by molar-refractivity contribution is 5.52. The van der Waals surface area contributed by atoms with Crippen molar-refractivity contribution in [2.75, 3.05) is 37.1 Å². The van der Waals surface area contributed by atoms with Gasteiger partial charge in [-0.15, -0.1) is 0 Å². The molecule has 4 nitrogen and oxygen atoms in total. The van der Waals surface area contributed by atoms with Gasteiger partial charge in [0.15, 0.2) is 0 Å². The number of nitrogens with zero attached hydrogens (tertiary/aromatic N) is 2. The molecule has 4 heteroatoms. The minimum atomic E-state index is 0.550. The molecule has 2 rings (SSSR count). The number of anilines is 2. The van der Waals surface area contributed by atoms with Crippen LogP contribution >= 0.6 is 0 Å². The van der Waals surface area contributed by atoms with Crippen molar-refractivity contribution in [3.05, 3.63) is 78.2 Å². The Morgan fingerprint density at radius 3 is 1.40 bits per heavy atom. The Kier molecular flexibility index (Phi) is 7.00. The van der Waals surface area contributed by atoms with Crippen molar-refractivity contribution in [2.24, 2.45) is 0 Å². The Hall–Kier alpha value is -2.84. The van der Waals surface area contributed by atoms with Gasteiger partial charge < -0.3 is 19.3 Å². The van der Waals surface area contributed by atoms with Gasteiger partial charge in [0, 0.05) is 31.2 Å². The van der Waals surface area contributed by atoms with Crippen molar-refractivity contribution >= 4 is 11.4 Å². The summed E-state index contributed by atoms with van der Waals surface area (Å²) in [5, 5.41) is 0. The van der Waals surface area contributed by atoms with Crippen LogP contribution in [-0.2, 0) is 9.47 Å². The third-order valence-corrected chi connectivity index (χ3v) is 3.67. The highest BCUT2D eigenvalue weighted by atomic mass is 16.5. The summed E-state index contributed by atoms with van der Waals surface area (Å²) in [7, 11) is 3.92. The van der Waals surface area contributed by atoms with E-state index in [9.17, 15) is 0 Å². The van der Waals surface area contributed by atoms with Crippen LogP contribution in [0.15, 0.2) is 78.2 Å². The molecule has 25 heavy (non-hydrogen) atoms. The van der Waals surface area contributed by atoms with Gasteiger partial charge in [0.2, 0.25) is 11.8 Å². The second-order valence-electron chi connectivity index (χ2n) is 5.39. The van der Waals surface area contributed by atoms with E-state index < -0.39 is 0 Å². The zero-order valence-corrected chi connectivity index (χ0v) is 15.4. The molecule has 0 bridgehead atoms. The van der Waals surface area contributed by atoms with E-state index >= 15 is 0 Å². The topological polar surface area (TPSA) is 24.9 Å². The Bertz CT molecular complexity index is 648. The van der Waals surface area contributed by atoms with Crippen LogP contribution in [0.25, 0.3) is 0 Å². The molecule has 0 radical (unpaired) electrons. The van der Waals surface area contributed by atoms with E-state index in [-0.39, 0.29) is 0 Å². The van der Waals surface area contributed by atoms with Crippen molar-refractivity contribution in [2.45, 2.75) is 13.8 Å². The lowest BCUT2D eigenvalue weighted by Gasteiger charge is -2.23. The van der Waals surface area contributed by atoms with Crippen molar-refractivity contribution in [1.82, 2.24) is 0 Å². The third kappa shape index (κ3) is 5.07. The summed E-state index contributed by atoms with van der Waals surface area (Å²) >= 11 is 0. The van der Waals surface area contributed by atoms with Gasteiger partial charge in [0.05, 0.1) is 13.2 Å². The highest BCUT2D eigenvalue weighted by Crippen LogP contribution is 2.20. The van der Waals surface area contributed by atoms with E-state index in [1.54, 1.807) is 0 Å². The van der Waals surface area contributed by atoms with Crippen LogP contribution in [0.2, 0.25) is 0 Å². The summed E-state index contributed by atoms with van der Waals surface area (Å²) in [5.41, 5.74) is 5.34. The van der Waals surface area contributed by atoms with E-state index in [0.717, 1.165) is 11.4 Å². The van der Waals surface area contributed by atoms with Crippen LogP contribution < -0.4 is 9.80 Å². The fraction of sp³-hybridized carbons (Fsp3) is 0.286. The number of rotatable bonds is 8. The molecule has 0 amide bonds. The molecule has 2 aromatic rings. The van der Waals surface area contributed by atoms with E-state index in [1.165, 1.54) is 0 Å². The van der Waals surface area contributed by atoms with E-state index in [2.05, 4.69) is 5.73 Å². The average Bonchev–Trinajstić information content (AvgIpc) is 2.67. The summed E-state index contributed by atoms with van der Waals surface area (Å²) < 4.78 is 11.7. The molecule has 0 aliphatic rings. The number of para-hydroxylation sites is 2. The molecule has 132 valence electrons. The van der Waals surface area contributed by atoms with Gasteiger partial charge in [-0.1, -0.05) is 36.4 Å². The van der Waals surface area contributed by atoms with Crippen LogP contribution in [0.5, 0.6) is 0 Å². The molecule has 0 saturated carbocycles. The summed E-state index contributed by atoms with van der Waals surface area (Å²) in [5.74, 6) is 1.22. The minimum absolute atomic E-state index is 0.550. The minimum Gasteiger partial charge on any atom is -0.473 e. The van der Waals surface area contributed by atoms with Gasteiger partial charge >= 0.3 is 0 Å². The third-order valence-electron chi connectivity index (χ3n) is 3.67. The molecule has 0 heterocycles. The zero-order chi connectivity index (χ0) is 18.1. The number of hydrogen-bond acceptors (Lipinski definition) is 4. The first kappa shape index (κ1) is 18.5. The molecule has 0 saturated heterocycles. The lowest BCUT2D eigenvalue weighted by atomic mass is 10.3. The number of hydrogen-bond donors (Lipinski definition) is 0. The summed E-state index contributed by atoms with van der Waals surface area (Å²) in [6.45, 7) is 5.02. The molecule has 2 aromatic carbocycles. The van der Waals surface area contributed by atoms with Crippen LogP contribution in [0.1, 0.15) is 13.8 Å². The standard InChI is InChI=1S/C21H26N2O2/c1-5-24-20(22(3)18-13-9-7-10-14-18)17-21(25-6-2)23(4)19-15-11-8-12-16-19/h7-16H,5-6H2,1-4H3. The van der Waals surface area contributed by atoms with Crippen molar-refractivity contribution < 1.29 is 9.47 Å². The molecule has 0 spiro atoms. The molecule has 0 atom stereocenters. The lowest BCUT2D eigenvalue weighted by Crippen LogP contribution is -2.21. The molecule has 0 fully saturated rings. The van der Waals surface area contributed by atoms with Crippen LogP contribution in [0.3, 0.4) is 0 Å². The van der Waals surface area contributed by atoms with Crippen LogP contribution in [-0.4, -0.2) is 27.3 Å². The van der Waals surface area contributed by atoms with E-state index in [4.69, 9.17) is 9.47 Å². The molecule has 0 unspecified atom stereocenters. The van der Waals surface area contributed by atoms with Gasteiger partial charge in [-0.05, 0) is 38.1 Å². The van der Waals surface area contributed by atoms with Crippen LogP contribution in [0, 0.1) is 0 Å². The van der Waals surface area contributed by atoms with Gasteiger partial charge in [0.1, 0.15) is 0 Å². The molecule has 0 aliphatic carbocycles. The predicted octanol–water partition coefficient (Wildman–Crippen LogP) is 4.61. The predicted molar refractivity (Wildman–Crippen MR) is 103 cm³/mol. The first-order valence-corrected chi connectivity index (χ1v) is 8.51. The van der Waals surface area contributed by atoms with Gasteiger partial charge in [0.25, 0.3) is 0 Å². The summed E-state index contributed by atoms with van der Waals surface area (Å²) in [6, 6.07) is 20.1. The molecule has 0 aliphatic heterocycles. The van der Waals surface area contributed by atoms with Crippen molar-refractivity contribution in [1.29, 1.82) is 0 Å². The quantitative estimate of drug-likeness (QED) is 0.518. The largest absolute Gasteiger partial charge is 0.473 e. The number of ether oxygens (including phenoxy) is 2. The van der Waals surface area contributed by atoms with Gasteiger partial charge in [-0.3, -0.25) is 0 Å². The Labute approximate surface area is 150 Å². The Morgan fingerprint density at radius 1 is 0.720 bits per heavy atom. The first-order chi connectivity index (χ1) is 12.2. The van der Waals surface area contributed by atoms with E-state index in [1.807, 2.05) is 98.4 Å². The maximum atomic E-state index is 5.83. The lowest BCUT2D eigenvalue weighted by molar-refractivity contribution is 0.209. The smallest absolute Gasteiger partial charge is 0.245 e. The maximum absolute atomic E-state index is 5.83. The summed E-state index contributed by atoms with van der Waals surface area (Å²) in [4.78, 5) is 3.92. The average molecular weight is 338 g/mol. The number of benzene rings is 2. The monoisotopic (exact) mass is 338 g/mol. The summed E-state index contributed by atoms with van der Waals surface area (Å²) in [6.07, 6.45) is 0. The van der Waals surface area contributed by atoms with Crippen molar-refractivity contribution in [3.8, 4) is 0 Å². The Morgan fingerprint density at radius 2 is 1.08 bits per heavy atom. The molecule has 0 N–H and O–H groups in total. The Balaban J connectivity index is 2.46. The van der Waals surface area contributed by atoms with E-state index in [0.29, 0.717) is 25.0 Å². The second kappa shape index (κ2) is 9.45. The molecular weight excluding hydrogens is 312 g/mol. The van der Waals surface area contributed by atoms with Crippen molar-refractivity contribution in [3.63, 3.8) is 0 Å². The fourth-order valence-corrected chi connectivity index (χ4v) is 2.34. The first-order valence-electron chi connectivity index (χ1n) is 8.51. The zero-order valence-electron chi connectivity index (χ0n) is 15.4. The normalized spacial score (nSPS) is 9.76. The fourth-order valence-electron chi connectivity index (χ4n) is 2.34. The van der Waals surface area contributed by atoms with Crippen LogP contribution in [0.4, 0.5) is 11.4 Å². The highest BCUT2D eigenvalue weighted by Gasteiger charge is 2.12. The molecule has 0 aromatic heterocycles. The molecular formula is C21H26N2O2. The van der Waals surface area contributed by atoms with Gasteiger partial charge in [-0.25, -0.2) is 0 Å². The SMILES string of the molecule is CCOC(=C=C(OCC)N(C)c1ccccc1)N(C)c1ccccc1. The maximum Gasteiger partial charge on any atom is 0.245 e. The second-order valence-corrected chi connectivity index (χ2v) is 5.39. The van der Waals surface area contributed by atoms with Gasteiger partial charge in [-0.2, -0.15) is 0 Å².